The van der Waals surface area contributed by atoms with Gasteiger partial charge in [-0.1, -0.05) is 18.9 Å². The molecule has 28 heavy (non-hydrogen) atoms. The molecule has 1 saturated heterocycles. The number of rotatable bonds is 6. The minimum Gasteiger partial charge on any atom is -0.497 e. The zero-order valence-corrected chi connectivity index (χ0v) is 16.0. The Balaban J connectivity index is 1.54. The average molecular weight is 388 g/mol. The van der Waals surface area contributed by atoms with Gasteiger partial charge in [0.1, 0.15) is 11.8 Å². The number of carbonyl (C=O) groups is 4. The maximum atomic E-state index is 12.5. The van der Waals surface area contributed by atoms with Crippen molar-refractivity contribution in [3.8, 4) is 5.75 Å². The quantitative estimate of drug-likeness (QED) is 0.588. The summed E-state index contributed by atoms with van der Waals surface area (Å²) in [6.07, 6.45) is 3.18. The van der Waals surface area contributed by atoms with Crippen molar-refractivity contribution in [1.29, 1.82) is 0 Å². The summed E-state index contributed by atoms with van der Waals surface area (Å²) in [5.74, 6) is -1.99. The van der Waals surface area contributed by atoms with Gasteiger partial charge in [-0.25, -0.2) is 4.79 Å². The first kappa shape index (κ1) is 19.9. The lowest BCUT2D eigenvalue weighted by Crippen LogP contribution is -2.45. The molecule has 1 saturated carbocycles. The lowest BCUT2D eigenvalue weighted by molar-refractivity contribution is -0.159. The second-order valence-corrected chi connectivity index (χ2v) is 7.11. The number of anilines is 1. The van der Waals surface area contributed by atoms with Crippen molar-refractivity contribution in [2.75, 3.05) is 19.0 Å². The van der Waals surface area contributed by atoms with Crippen molar-refractivity contribution < 1.29 is 28.7 Å². The first-order chi connectivity index (χ1) is 13.4. The first-order valence-corrected chi connectivity index (χ1v) is 9.40. The molecule has 150 valence electrons. The Hall–Kier alpha value is -2.90. The average Bonchev–Trinajstić information content (AvgIpc) is 2.96. The molecule has 8 nitrogen and oxygen atoms in total. The second-order valence-electron chi connectivity index (χ2n) is 7.11. The van der Waals surface area contributed by atoms with E-state index in [2.05, 4.69) is 5.32 Å². The van der Waals surface area contributed by atoms with Crippen LogP contribution in [-0.4, -0.2) is 48.3 Å². The Morgan fingerprint density at radius 2 is 1.82 bits per heavy atom. The van der Waals surface area contributed by atoms with Gasteiger partial charge in [-0.15, -0.1) is 0 Å². The van der Waals surface area contributed by atoms with E-state index < -0.39 is 24.5 Å². The first-order valence-electron chi connectivity index (χ1n) is 9.40. The highest BCUT2D eigenvalue weighted by molar-refractivity contribution is 6.08. The van der Waals surface area contributed by atoms with Crippen molar-refractivity contribution in [3.63, 3.8) is 0 Å². The van der Waals surface area contributed by atoms with E-state index in [1.54, 1.807) is 24.3 Å². The van der Waals surface area contributed by atoms with Gasteiger partial charge < -0.3 is 14.8 Å². The van der Waals surface area contributed by atoms with Crippen LogP contribution in [0.5, 0.6) is 5.75 Å². The third kappa shape index (κ3) is 4.00. The molecular weight excluding hydrogens is 364 g/mol. The highest BCUT2D eigenvalue weighted by Crippen LogP contribution is 2.38. The number of hydrogen-bond donors (Lipinski definition) is 1. The lowest BCUT2D eigenvalue weighted by Gasteiger charge is -2.21. The van der Waals surface area contributed by atoms with Crippen LogP contribution in [0.1, 0.15) is 32.6 Å². The smallest absolute Gasteiger partial charge is 0.329 e. The fourth-order valence-corrected chi connectivity index (χ4v) is 3.83. The van der Waals surface area contributed by atoms with Gasteiger partial charge in [0.05, 0.1) is 18.9 Å². The van der Waals surface area contributed by atoms with Crippen molar-refractivity contribution in [2.24, 2.45) is 11.8 Å². The highest BCUT2D eigenvalue weighted by atomic mass is 16.5. The number of carbonyl (C=O) groups excluding carboxylic acids is 4. The minimum atomic E-state index is -1.05. The largest absolute Gasteiger partial charge is 0.497 e. The van der Waals surface area contributed by atoms with Gasteiger partial charge in [0.15, 0.2) is 6.61 Å². The van der Waals surface area contributed by atoms with Gasteiger partial charge in [0.2, 0.25) is 11.8 Å². The molecule has 0 bridgehead atoms. The lowest BCUT2D eigenvalue weighted by atomic mass is 9.81. The fraction of sp³-hybridized carbons (Fsp3) is 0.500. The maximum Gasteiger partial charge on any atom is 0.329 e. The molecular formula is C20H24N2O6. The van der Waals surface area contributed by atoms with Crippen molar-refractivity contribution in [2.45, 2.75) is 38.6 Å². The van der Waals surface area contributed by atoms with E-state index in [1.165, 1.54) is 14.0 Å². The molecule has 0 spiro atoms. The van der Waals surface area contributed by atoms with Crippen molar-refractivity contribution in [1.82, 2.24) is 4.90 Å². The molecule has 0 unspecified atom stereocenters. The van der Waals surface area contributed by atoms with Gasteiger partial charge >= 0.3 is 5.97 Å². The van der Waals surface area contributed by atoms with Crippen LogP contribution in [-0.2, 0) is 23.9 Å². The Morgan fingerprint density at radius 1 is 1.18 bits per heavy atom. The summed E-state index contributed by atoms with van der Waals surface area (Å²) in [4.78, 5) is 50.4. The number of amides is 3. The summed E-state index contributed by atoms with van der Waals surface area (Å²) in [5, 5.41) is 2.60. The molecule has 8 heteroatoms. The summed E-state index contributed by atoms with van der Waals surface area (Å²) < 4.78 is 10.1. The molecule has 0 radical (unpaired) electrons. The zero-order chi connectivity index (χ0) is 20.3. The molecule has 1 aromatic carbocycles. The van der Waals surface area contributed by atoms with Gasteiger partial charge in [-0.2, -0.15) is 0 Å². The predicted octanol–water partition coefficient (Wildman–Crippen LogP) is 1.74. The third-order valence-corrected chi connectivity index (χ3v) is 5.30. The van der Waals surface area contributed by atoms with E-state index in [0.29, 0.717) is 24.3 Å². The summed E-state index contributed by atoms with van der Waals surface area (Å²) in [6, 6.07) is 5.71. The van der Waals surface area contributed by atoms with Crippen LogP contribution in [0.25, 0.3) is 0 Å². The van der Waals surface area contributed by atoms with Gasteiger partial charge in [-0.05, 0) is 31.9 Å². The molecule has 1 aliphatic heterocycles. The molecule has 3 rings (SSSR count). The second kappa shape index (κ2) is 8.41. The van der Waals surface area contributed by atoms with Crippen LogP contribution in [0.4, 0.5) is 5.69 Å². The molecule has 1 aliphatic carbocycles. The number of imide groups is 1. The zero-order valence-electron chi connectivity index (χ0n) is 16.0. The topological polar surface area (TPSA) is 102 Å². The third-order valence-electron chi connectivity index (χ3n) is 5.30. The standard InChI is InChI=1S/C20H24N2O6/c1-12(22-18(24)15-8-3-4-9-16(15)19(22)25)20(26)28-11-17(23)21-13-6-5-7-14(10-13)27-2/h5-7,10,12,15-16H,3-4,8-9,11H2,1-2H3,(H,21,23)/t12-,15+,16+/m0/s1. The summed E-state index contributed by atoms with van der Waals surface area (Å²) in [5.41, 5.74) is 0.502. The van der Waals surface area contributed by atoms with E-state index in [9.17, 15) is 19.2 Å². The number of hydrogen-bond acceptors (Lipinski definition) is 6. The van der Waals surface area contributed by atoms with E-state index in [0.717, 1.165) is 17.7 Å². The molecule has 1 heterocycles. The molecule has 2 fully saturated rings. The fourth-order valence-electron chi connectivity index (χ4n) is 3.83. The molecule has 3 atom stereocenters. The van der Waals surface area contributed by atoms with Gasteiger partial charge in [0.25, 0.3) is 5.91 Å². The van der Waals surface area contributed by atoms with E-state index in [4.69, 9.17) is 9.47 Å². The number of likely N-dealkylation sites (tertiary alicyclic amines) is 1. The van der Waals surface area contributed by atoms with E-state index in [-0.39, 0.29) is 23.7 Å². The van der Waals surface area contributed by atoms with Crippen LogP contribution in [0.3, 0.4) is 0 Å². The number of ether oxygens (including phenoxy) is 2. The monoisotopic (exact) mass is 388 g/mol. The Labute approximate surface area is 163 Å². The molecule has 2 aliphatic rings. The normalized spacial score (nSPS) is 22.4. The number of benzene rings is 1. The van der Waals surface area contributed by atoms with Crippen LogP contribution in [0.2, 0.25) is 0 Å². The Kier molecular flexibility index (Phi) is 5.96. The summed E-state index contributed by atoms with van der Waals surface area (Å²) in [7, 11) is 1.52. The molecule has 1 aromatic rings. The van der Waals surface area contributed by atoms with Crippen molar-refractivity contribution >= 4 is 29.4 Å². The predicted molar refractivity (Wildman–Crippen MR) is 99.3 cm³/mol. The van der Waals surface area contributed by atoms with Gasteiger partial charge in [-0.3, -0.25) is 19.3 Å². The Morgan fingerprint density at radius 3 is 2.43 bits per heavy atom. The van der Waals surface area contributed by atoms with Crippen LogP contribution in [0, 0.1) is 11.8 Å². The summed E-state index contributed by atoms with van der Waals surface area (Å²) in [6.45, 7) is 0.943. The molecule has 1 N–H and O–H groups in total. The van der Waals surface area contributed by atoms with Crippen LogP contribution in [0.15, 0.2) is 24.3 Å². The van der Waals surface area contributed by atoms with Crippen LogP contribution < -0.4 is 10.1 Å². The number of fused-ring (bicyclic) bond motifs is 1. The maximum absolute atomic E-state index is 12.5. The van der Waals surface area contributed by atoms with Crippen LogP contribution >= 0.6 is 0 Å². The van der Waals surface area contributed by atoms with Gasteiger partial charge in [0, 0.05) is 11.8 Å². The van der Waals surface area contributed by atoms with E-state index >= 15 is 0 Å². The number of esters is 1. The Bertz CT molecular complexity index is 769. The number of nitrogens with zero attached hydrogens (tertiary/aromatic N) is 1. The SMILES string of the molecule is COc1cccc(NC(=O)COC(=O)[C@H](C)N2C(=O)[C@@H]3CCCC[C@H]3C2=O)c1. The molecule has 3 amide bonds. The summed E-state index contributed by atoms with van der Waals surface area (Å²) >= 11 is 0. The highest BCUT2D eigenvalue weighted by Gasteiger charge is 2.51. The molecule has 0 aromatic heterocycles. The number of nitrogens with one attached hydrogen (secondary N) is 1. The van der Waals surface area contributed by atoms with E-state index in [1.807, 2.05) is 0 Å². The minimum absolute atomic E-state index is 0.306. The number of methoxy groups -OCH3 is 1. The van der Waals surface area contributed by atoms with Crippen molar-refractivity contribution in [3.05, 3.63) is 24.3 Å².